The summed E-state index contributed by atoms with van der Waals surface area (Å²) in [6, 6.07) is 12.1. The molecule has 0 aliphatic rings. The third-order valence-electron chi connectivity index (χ3n) is 3.90. The van der Waals surface area contributed by atoms with Crippen LogP contribution in [0.2, 0.25) is 0 Å². The van der Waals surface area contributed by atoms with Crippen molar-refractivity contribution in [2.75, 3.05) is 11.9 Å². The average Bonchev–Trinajstić information content (AvgIpc) is 3.08. The molecule has 1 aromatic heterocycles. The number of aryl methyl sites for hydroxylation is 1. The maximum Gasteiger partial charge on any atom is 0.255 e. The molecule has 0 saturated heterocycles. The van der Waals surface area contributed by atoms with E-state index in [-0.39, 0.29) is 11.8 Å². The molecule has 0 spiro atoms. The highest BCUT2D eigenvalue weighted by Gasteiger charge is 2.14. The highest BCUT2D eigenvalue weighted by molar-refractivity contribution is 6.09. The molecule has 7 nitrogen and oxygen atoms in total. The van der Waals surface area contributed by atoms with Crippen molar-refractivity contribution in [1.82, 2.24) is 20.3 Å². The molecular formula is C19H19N5O2. The third-order valence-corrected chi connectivity index (χ3v) is 3.90. The molecule has 2 aromatic carbocycles. The van der Waals surface area contributed by atoms with Gasteiger partial charge in [0.05, 0.1) is 16.8 Å². The summed E-state index contributed by atoms with van der Waals surface area (Å²) in [7, 11) is 0. The number of hydrogen-bond donors (Lipinski definition) is 2. The van der Waals surface area contributed by atoms with Crippen LogP contribution in [0.4, 0.5) is 5.69 Å². The lowest BCUT2D eigenvalue weighted by molar-refractivity contribution is 0.0959. The van der Waals surface area contributed by atoms with Gasteiger partial charge in [-0.05, 0) is 37.3 Å². The van der Waals surface area contributed by atoms with E-state index in [1.54, 1.807) is 47.2 Å². The van der Waals surface area contributed by atoms with Crippen molar-refractivity contribution < 1.29 is 9.59 Å². The summed E-state index contributed by atoms with van der Waals surface area (Å²) in [5, 5.41) is 13.6. The summed E-state index contributed by atoms with van der Waals surface area (Å²) >= 11 is 0. The van der Waals surface area contributed by atoms with Crippen molar-refractivity contribution in [3.8, 4) is 0 Å². The normalized spacial score (nSPS) is 10.5. The predicted octanol–water partition coefficient (Wildman–Crippen LogP) is 2.62. The molecule has 26 heavy (non-hydrogen) atoms. The van der Waals surface area contributed by atoms with Crippen LogP contribution in [0, 0.1) is 0 Å². The first-order valence-corrected chi connectivity index (χ1v) is 8.26. The van der Waals surface area contributed by atoms with E-state index in [4.69, 9.17) is 0 Å². The Morgan fingerprint density at radius 3 is 2.77 bits per heavy atom. The van der Waals surface area contributed by atoms with Gasteiger partial charge in [-0.25, -0.2) is 4.68 Å². The molecule has 0 unspecified atom stereocenters. The smallest absolute Gasteiger partial charge is 0.255 e. The molecule has 0 aliphatic heterocycles. The Bertz CT molecular complexity index is 977. The fraction of sp³-hybridized carbons (Fsp3) is 0.158. The van der Waals surface area contributed by atoms with Crippen LogP contribution in [0.15, 0.2) is 55.1 Å². The second kappa shape index (κ2) is 7.60. The first-order valence-electron chi connectivity index (χ1n) is 8.26. The van der Waals surface area contributed by atoms with Gasteiger partial charge in [-0.15, -0.1) is 11.7 Å². The molecule has 3 rings (SSSR count). The van der Waals surface area contributed by atoms with E-state index in [0.717, 1.165) is 5.52 Å². The molecule has 0 radical (unpaired) electrons. The van der Waals surface area contributed by atoms with Gasteiger partial charge in [0.1, 0.15) is 5.52 Å². The zero-order valence-corrected chi connectivity index (χ0v) is 14.4. The molecule has 0 atom stereocenters. The van der Waals surface area contributed by atoms with Gasteiger partial charge < -0.3 is 10.6 Å². The van der Waals surface area contributed by atoms with E-state index in [1.807, 2.05) is 13.0 Å². The Kier molecular flexibility index (Phi) is 5.07. The molecular weight excluding hydrogens is 330 g/mol. The number of fused-ring (bicyclic) bond motifs is 1. The Balaban J connectivity index is 1.84. The predicted molar refractivity (Wildman–Crippen MR) is 100 cm³/mol. The fourth-order valence-electron chi connectivity index (χ4n) is 2.59. The minimum absolute atomic E-state index is 0.276. The van der Waals surface area contributed by atoms with Gasteiger partial charge in [0, 0.05) is 18.7 Å². The van der Waals surface area contributed by atoms with Crippen LogP contribution in [0.5, 0.6) is 0 Å². The molecule has 0 bridgehead atoms. The minimum atomic E-state index is -0.318. The van der Waals surface area contributed by atoms with E-state index in [9.17, 15) is 9.59 Å². The number of carbonyl (C=O) groups excluding carboxylic acids is 2. The van der Waals surface area contributed by atoms with Crippen molar-refractivity contribution >= 4 is 28.5 Å². The van der Waals surface area contributed by atoms with Crippen molar-refractivity contribution in [2.24, 2.45) is 0 Å². The molecule has 0 fully saturated rings. The molecule has 3 aromatic rings. The molecule has 0 saturated carbocycles. The number of rotatable bonds is 6. The summed E-state index contributed by atoms with van der Waals surface area (Å²) in [6.07, 6.45) is 1.60. The zero-order chi connectivity index (χ0) is 18.5. The second-order valence-corrected chi connectivity index (χ2v) is 5.61. The molecule has 7 heteroatoms. The molecule has 1 heterocycles. The van der Waals surface area contributed by atoms with Gasteiger partial charge in [0.2, 0.25) is 0 Å². The highest BCUT2D eigenvalue weighted by atomic mass is 16.2. The maximum absolute atomic E-state index is 12.6. The van der Waals surface area contributed by atoms with Crippen LogP contribution in [0.1, 0.15) is 27.6 Å². The lowest BCUT2D eigenvalue weighted by Gasteiger charge is -2.11. The van der Waals surface area contributed by atoms with Crippen molar-refractivity contribution in [3.05, 3.63) is 66.2 Å². The summed E-state index contributed by atoms with van der Waals surface area (Å²) in [5.74, 6) is -0.593. The number of carbonyl (C=O) groups is 2. The Hall–Kier alpha value is -3.48. The zero-order valence-electron chi connectivity index (χ0n) is 14.4. The number of hydrogen-bond acceptors (Lipinski definition) is 4. The van der Waals surface area contributed by atoms with Gasteiger partial charge in [0.15, 0.2) is 0 Å². The van der Waals surface area contributed by atoms with Gasteiger partial charge in [-0.2, -0.15) is 0 Å². The van der Waals surface area contributed by atoms with Crippen LogP contribution in [-0.4, -0.2) is 33.4 Å². The SMILES string of the molecule is C=CCNC(=O)c1ccccc1NC(=O)c1ccc2c(c1)nnn2CC. The Morgan fingerprint density at radius 2 is 2.00 bits per heavy atom. The first-order chi connectivity index (χ1) is 12.6. The van der Waals surface area contributed by atoms with E-state index in [1.165, 1.54) is 0 Å². The van der Waals surface area contributed by atoms with E-state index in [0.29, 0.717) is 35.4 Å². The monoisotopic (exact) mass is 349 g/mol. The Labute approximate surface area is 150 Å². The van der Waals surface area contributed by atoms with E-state index in [2.05, 4.69) is 27.5 Å². The van der Waals surface area contributed by atoms with Gasteiger partial charge in [-0.1, -0.05) is 23.4 Å². The number of nitrogens with zero attached hydrogens (tertiary/aromatic N) is 3. The van der Waals surface area contributed by atoms with Gasteiger partial charge in [0.25, 0.3) is 11.8 Å². The maximum atomic E-state index is 12.6. The van der Waals surface area contributed by atoms with Crippen molar-refractivity contribution in [3.63, 3.8) is 0 Å². The quantitative estimate of drug-likeness (QED) is 0.670. The lowest BCUT2D eigenvalue weighted by Crippen LogP contribution is -2.25. The minimum Gasteiger partial charge on any atom is -0.349 e. The van der Waals surface area contributed by atoms with Crippen LogP contribution in [0.25, 0.3) is 11.0 Å². The largest absolute Gasteiger partial charge is 0.349 e. The standard InChI is InChI=1S/C19H19N5O2/c1-3-11-20-19(26)14-7-5-6-8-15(14)21-18(25)13-9-10-17-16(12-13)22-23-24(17)4-2/h3,5-10,12H,1,4,11H2,2H3,(H,20,26)(H,21,25). The summed E-state index contributed by atoms with van der Waals surface area (Å²) in [5.41, 5.74) is 2.80. The van der Waals surface area contributed by atoms with Crippen LogP contribution < -0.4 is 10.6 Å². The summed E-state index contributed by atoms with van der Waals surface area (Å²) in [6.45, 7) is 6.60. The topological polar surface area (TPSA) is 88.9 Å². The molecule has 132 valence electrons. The molecule has 2 N–H and O–H groups in total. The number of nitrogens with one attached hydrogen (secondary N) is 2. The number of anilines is 1. The van der Waals surface area contributed by atoms with Crippen LogP contribution >= 0.6 is 0 Å². The lowest BCUT2D eigenvalue weighted by atomic mass is 10.1. The number of benzene rings is 2. The Morgan fingerprint density at radius 1 is 1.19 bits per heavy atom. The molecule has 2 amide bonds. The summed E-state index contributed by atoms with van der Waals surface area (Å²) in [4.78, 5) is 24.8. The van der Waals surface area contributed by atoms with E-state index >= 15 is 0 Å². The van der Waals surface area contributed by atoms with E-state index < -0.39 is 0 Å². The third kappa shape index (κ3) is 3.46. The fourth-order valence-corrected chi connectivity index (χ4v) is 2.59. The van der Waals surface area contributed by atoms with Crippen molar-refractivity contribution in [2.45, 2.75) is 13.5 Å². The van der Waals surface area contributed by atoms with Crippen LogP contribution in [-0.2, 0) is 6.54 Å². The van der Waals surface area contributed by atoms with Gasteiger partial charge in [-0.3, -0.25) is 9.59 Å². The number of para-hydroxylation sites is 1. The molecule has 0 aliphatic carbocycles. The number of aromatic nitrogens is 3. The first kappa shape index (κ1) is 17.3. The highest BCUT2D eigenvalue weighted by Crippen LogP contribution is 2.18. The van der Waals surface area contributed by atoms with Crippen molar-refractivity contribution in [1.29, 1.82) is 0 Å². The summed E-state index contributed by atoms with van der Waals surface area (Å²) < 4.78 is 1.76. The average molecular weight is 349 g/mol. The number of amides is 2. The second-order valence-electron chi connectivity index (χ2n) is 5.61. The van der Waals surface area contributed by atoms with Crippen LogP contribution in [0.3, 0.4) is 0 Å². The van der Waals surface area contributed by atoms with Gasteiger partial charge >= 0.3 is 0 Å².